The van der Waals surface area contributed by atoms with Crippen LogP contribution in [0.1, 0.15) is 44.0 Å². The molecule has 1 atom stereocenters. The van der Waals surface area contributed by atoms with Crippen LogP contribution in [0.2, 0.25) is 0 Å². The van der Waals surface area contributed by atoms with Gasteiger partial charge in [-0.25, -0.2) is 0 Å². The van der Waals surface area contributed by atoms with Gasteiger partial charge in [0.25, 0.3) is 0 Å². The first-order valence-electron chi connectivity index (χ1n) is 6.07. The number of fused-ring (bicyclic) bond motifs is 1. The van der Waals surface area contributed by atoms with Crippen molar-refractivity contribution in [2.24, 2.45) is 11.3 Å². The zero-order valence-corrected chi connectivity index (χ0v) is 11.4. The van der Waals surface area contributed by atoms with E-state index in [0.29, 0.717) is 21.5 Å². The highest BCUT2D eigenvalue weighted by atomic mass is 32.1. The second-order valence-electron chi connectivity index (χ2n) is 5.93. The highest BCUT2D eigenvalue weighted by Gasteiger charge is 2.29. The lowest BCUT2D eigenvalue weighted by Gasteiger charge is -2.34. The molecule has 0 aromatic carbocycles. The van der Waals surface area contributed by atoms with Crippen molar-refractivity contribution in [3.63, 3.8) is 0 Å². The summed E-state index contributed by atoms with van der Waals surface area (Å²) in [6, 6.07) is 4.14. The molecule has 0 saturated carbocycles. The van der Waals surface area contributed by atoms with E-state index in [9.17, 15) is 0 Å². The predicted octanol–water partition coefficient (Wildman–Crippen LogP) is 3.77. The quantitative estimate of drug-likeness (QED) is 0.708. The zero-order chi connectivity index (χ0) is 12.6. The van der Waals surface area contributed by atoms with Crippen molar-refractivity contribution in [3.05, 3.63) is 27.5 Å². The van der Waals surface area contributed by atoms with Gasteiger partial charge < -0.3 is 4.98 Å². The molecule has 0 saturated heterocycles. The van der Waals surface area contributed by atoms with Gasteiger partial charge in [-0.1, -0.05) is 33.0 Å². The van der Waals surface area contributed by atoms with Crippen molar-refractivity contribution in [2.45, 2.75) is 40.0 Å². The van der Waals surface area contributed by atoms with E-state index in [1.807, 2.05) is 6.07 Å². The highest BCUT2D eigenvalue weighted by molar-refractivity contribution is 7.71. The lowest BCUT2D eigenvalue weighted by molar-refractivity contribution is 0.215. The van der Waals surface area contributed by atoms with E-state index in [0.717, 1.165) is 12.8 Å². The van der Waals surface area contributed by atoms with Crippen molar-refractivity contribution in [3.8, 4) is 6.07 Å². The first kappa shape index (κ1) is 12.3. The fourth-order valence-corrected chi connectivity index (χ4v) is 2.75. The molecule has 0 fully saturated rings. The summed E-state index contributed by atoms with van der Waals surface area (Å²) in [6.45, 7) is 6.87. The smallest absolute Gasteiger partial charge is 0.121 e. The second-order valence-corrected chi connectivity index (χ2v) is 6.34. The lowest BCUT2D eigenvalue weighted by Crippen LogP contribution is -2.27. The van der Waals surface area contributed by atoms with Gasteiger partial charge in [-0.3, -0.25) is 0 Å². The molecule has 0 radical (unpaired) electrons. The van der Waals surface area contributed by atoms with Crippen LogP contribution >= 0.6 is 12.2 Å². The maximum atomic E-state index is 9.01. The molecule has 2 nitrogen and oxygen atoms in total. The summed E-state index contributed by atoms with van der Waals surface area (Å²) < 4.78 is 0.584. The van der Waals surface area contributed by atoms with Gasteiger partial charge in [0.2, 0.25) is 0 Å². The largest absolute Gasteiger partial charge is 0.349 e. The molecule has 2 rings (SSSR count). The average molecular weight is 246 g/mol. The van der Waals surface area contributed by atoms with Gasteiger partial charge in [0.15, 0.2) is 0 Å². The Hall–Kier alpha value is -1.14. The molecule has 1 aliphatic rings. The van der Waals surface area contributed by atoms with Gasteiger partial charge in [0.05, 0.1) is 5.56 Å². The molecule has 0 amide bonds. The van der Waals surface area contributed by atoms with E-state index >= 15 is 0 Å². The summed E-state index contributed by atoms with van der Waals surface area (Å²) >= 11 is 5.16. The van der Waals surface area contributed by atoms with E-state index in [2.05, 4.69) is 31.8 Å². The third kappa shape index (κ3) is 2.42. The van der Waals surface area contributed by atoms with E-state index in [1.165, 1.54) is 17.7 Å². The van der Waals surface area contributed by atoms with Gasteiger partial charge in [-0.05, 0) is 42.2 Å². The third-order valence-corrected chi connectivity index (χ3v) is 4.09. The summed E-state index contributed by atoms with van der Waals surface area (Å²) in [4.78, 5) is 3.21. The standard InChI is InChI=1S/C14H18N2S/c1-14(2,3)11-4-5-12-9(7-11)6-10(8-15)13(17)16-12/h6,11H,4-5,7H2,1-3H3,(H,16,17)/t11-/m0/s1. The molecule has 3 heteroatoms. The highest BCUT2D eigenvalue weighted by Crippen LogP contribution is 2.36. The molecule has 0 unspecified atom stereocenters. The molecule has 1 aromatic heterocycles. The number of aryl methyl sites for hydroxylation is 1. The van der Waals surface area contributed by atoms with Crippen LogP contribution in [0.15, 0.2) is 6.07 Å². The summed E-state index contributed by atoms with van der Waals surface area (Å²) in [5.41, 5.74) is 3.45. The Bertz CT molecular complexity index is 529. The van der Waals surface area contributed by atoms with Crippen molar-refractivity contribution in [2.75, 3.05) is 0 Å². The Morgan fingerprint density at radius 2 is 2.18 bits per heavy atom. The summed E-state index contributed by atoms with van der Waals surface area (Å²) in [7, 11) is 0. The van der Waals surface area contributed by atoms with Gasteiger partial charge >= 0.3 is 0 Å². The molecule has 0 spiro atoms. The molecule has 1 aliphatic carbocycles. The minimum atomic E-state index is 0.330. The molecular formula is C14H18N2S. The maximum absolute atomic E-state index is 9.01. The van der Waals surface area contributed by atoms with Crippen LogP contribution in [0.4, 0.5) is 0 Å². The van der Waals surface area contributed by atoms with Crippen LogP contribution in [0.5, 0.6) is 0 Å². The number of hydrogen-bond acceptors (Lipinski definition) is 2. The first-order valence-corrected chi connectivity index (χ1v) is 6.48. The minimum absolute atomic E-state index is 0.330. The number of nitriles is 1. The molecule has 17 heavy (non-hydrogen) atoms. The zero-order valence-electron chi connectivity index (χ0n) is 10.6. The van der Waals surface area contributed by atoms with Gasteiger partial charge in [0.1, 0.15) is 10.7 Å². The fraction of sp³-hybridized carbons (Fsp3) is 0.571. The van der Waals surface area contributed by atoms with Crippen LogP contribution in [0.25, 0.3) is 0 Å². The Morgan fingerprint density at radius 1 is 1.47 bits per heavy atom. The Kier molecular flexibility index (Phi) is 3.09. The Labute approximate surface area is 108 Å². The average Bonchev–Trinajstić information content (AvgIpc) is 2.26. The number of rotatable bonds is 0. The number of pyridine rings is 1. The van der Waals surface area contributed by atoms with Crippen LogP contribution in [-0.4, -0.2) is 4.98 Å². The normalized spacial score (nSPS) is 19.5. The third-order valence-electron chi connectivity index (χ3n) is 3.77. The predicted molar refractivity (Wildman–Crippen MR) is 71.3 cm³/mol. The van der Waals surface area contributed by atoms with Crippen molar-refractivity contribution >= 4 is 12.2 Å². The number of H-pyrrole nitrogens is 1. The van der Waals surface area contributed by atoms with Crippen LogP contribution in [0, 0.1) is 27.3 Å². The number of hydrogen-bond donors (Lipinski definition) is 1. The van der Waals surface area contributed by atoms with E-state index < -0.39 is 0 Å². The van der Waals surface area contributed by atoms with E-state index in [1.54, 1.807) is 0 Å². The second kappa shape index (κ2) is 4.27. The van der Waals surface area contributed by atoms with Gasteiger partial charge in [-0.15, -0.1) is 0 Å². The molecule has 0 bridgehead atoms. The fourth-order valence-electron chi connectivity index (χ4n) is 2.53. The Balaban J connectivity index is 2.39. The minimum Gasteiger partial charge on any atom is -0.349 e. The van der Waals surface area contributed by atoms with Crippen molar-refractivity contribution in [1.82, 2.24) is 4.98 Å². The molecule has 1 N–H and O–H groups in total. The monoisotopic (exact) mass is 246 g/mol. The summed E-state index contributed by atoms with van der Waals surface area (Å²) in [6.07, 6.45) is 3.31. The summed E-state index contributed by atoms with van der Waals surface area (Å²) in [5.74, 6) is 0.686. The molecular weight excluding hydrogens is 228 g/mol. The summed E-state index contributed by atoms with van der Waals surface area (Å²) in [5, 5.41) is 9.01. The Morgan fingerprint density at radius 3 is 2.76 bits per heavy atom. The first-order chi connectivity index (χ1) is 7.91. The SMILES string of the molecule is CC(C)(C)[C@H]1CCc2[nH]c(=S)c(C#N)cc2C1. The number of aromatic amines is 1. The number of nitrogens with one attached hydrogen (secondary N) is 1. The molecule has 1 aromatic rings. The number of aromatic nitrogens is 1. The van der Waals surface area contributed by atoms with Crippen molar-refractivity contribution < 1.29 is 0 Å². The van der Waals surface area contributed by atoms with Gasteiger partial charge in [-0.2, -0.15) is 5.26 Å². The van der Waals surface area contributed by atoms with Crippen LogP contribution < -0.4 is 0 Å². The van der Waals surface area contributed by atoms with E-state index in [-0.39, 0.29) is 0 Å². The molecule has 0 aliphatic heterocycles. The maximum Gasteiger partial charge on any atom is 0.121 e. The number of nitrogens with zero attached hydrogens (tertiary/aromatic N) is 1. The van der Waals surface area contributed by atoms with Crippen molar-refractivity contribution in [1.29, 1.82) is 5.26 Å². The topological polar surface area (TPSA) is 39.6 Å². The van der Waals surface area contributed by atoms with Crippen LogP contribution in [0.3, 0.4) is 0 Å². The van der Waals surface area contributed by atoms with Gasteiger partial charge in [0, 0.05) is 5.69 Å². The molecule has 1 heterocycles. The molecule has 90 valence electrons. The van der Waals surface area contributed by atoms with E-state index in [4.69, 9.17) is 17.5 Å². The lowest BCUT2D eigenvalue weighted by atomic mass is 9.71. The van der Waals surface area contributed by atoms with Crippen LogP contribution in [-0.2, 0) is 12.8 Å².